The molecule has 0 saturated carbocycles. The highest BCUT2D eigenvalue weighted by molar-refractivity contribution is 9.10. The summed E-state index contributed by atoms with van der Waals surface area (Å²) in [5.74, 6) is 1.58. The number of nitrogens with two attached hydrogens (primary N) is 1. The summed E-state index contributed by atoms with van der Waals surface area (Å²) in [5.41, 5.74) is 6.81. The van der Waals surface area contributed by atoms with Gasteiger partial charge in [0, 0.05) is 6.54 Å². The van der Waals surface area contributed by atoms with Crippen molar-refractivity contribution in [3.05, 3.63) is 58.6 Å². The molecule has 2 aromatic rings. The van der Waals surface area contributed by atoms with E-state index in [9.17, 15) is 0 Å². The molecule has 4 heteroatoms. The molecule has 19 heavy (non-hydrogen) atoms. The minimum absolute atomic E-state index is 0.200. The Morgan fingerprint density at radius 1 is 1.16 bits per heavy atom. The van der Waals surface area contributed by atoms with Crippen molar-refractivity contribution in [1.82, 2.24) is 0 Å². The SMILES string of the molecule is COc1cccc(C(CN)Oc2ccccc2Br)c1. The van der Waals surface area contributed by atoms with E-state index < -0.39 is 0 Å². The largest absolute Gasteiger partial charge is 0.497 e. The van der Waals surface area contributed by atoms with Crippen molar-refractivity contribution in [3.8, 4) is 11.5 Å². The number of halogens is 1. The molecule has 2 aromatic carbocycles. The maximum Gasteiger partial charge on any atom is 0.136 e. The molecule has 0 aliphatic heterocycles. The van der Waals surface area contributed by atoms with Gasteiger partial charge in [0.15, 0.2) is 0 Å². The Hall–Kier alpha value is -1.52. The summed E-state index contributed by atoms with van der Waals surface area (Å²) >= 11 is 3.46. The van der Waals surface area contributed by atoms with Gasteiger partial charge in [0.1, 0.15) is 17.6 Å². The van der Waals surface area contributed by atoms with E-state index in [2.05, 4.69) is 15.9 Å². The summed E-state index contributed by atoms with van der Waals surface area (Å²) in [5, 5.41) is 0. The Labute approximate surface area is 121 Å². The highest BCUT2D eigenvalue weighted by atomic mass is 79.9. The van der Waals surface area contributed by atoms with Gasteiger partial charge in [-0.2, -0.15) is 0 Å². The molecule has 1 atom stereocenters. The molecule has 0 fully saturated rings. The highest BCUT2D eigenvalue weighted by Crippen LogP contribution is 2.29. The summed E-state index contributed by atoms with van der Waals surface area (Å²) in [7, 11) is 1.64. The molecule has 2 rings (SSSR count). The quantitative estimate of drug-likeness (QED) is 0.916. The van der Waals surface area contributed by atoms with Crippen molar-refractivity contribution in [2.24, 2.45) is 5.73 Å². The zero-order valence-corrected chi connectivity index (χ0v) is 12.3. The Morgan fingerprint density at radius 2 is 1.95 bits per heavy atom. The van der Waals surface area contributed by atoms with E-state index in [1.165, 1.54) is 0 Å². The molecule has 0 aliphatic carbocycles. The van der Waals surface area contributed by atoms with Crippen LogP contribution in [0.15, 0.2) is 53.0 Å². The van der Waals surface area contributed by atoms with Crippen LogP contribution in [0.2, 0.25) is 0 Å². The van der Waals surface area contributed by atoms with Crippen LogP contribution in [0.3, 0.4) is 0 Å². The van der Waals surface area contributed by atoms with Crippen LogP contribution in [0.5, 0.6) is 11.5 Å². The van der Waals surface area contributed by atoms with Gasteiger partial charge in [-0.1, -0.05) is 24.3 Å². The molecule has 1 unspecified atom stereocenters. The fourth-order valence-electron chi connectivity index (χ4n) is 1.79. The monoisotopic (exact) mass is 321 g/mol. The molecule has 0 heterocycles. The van der Waals surface area contributed by atoms with Crippen LogP contribution in [0.25, 0.3) is 0 Å². The summed E-state index contributed by atoms with van der Waals surface area (Å²) in [6, 6.07) is 15.5. The second kappa shape index (κ2) is 6.59. The summed E-state index contributed by atoms with van der Waals surface area (Å²) < 4.78 is 12.1. The van der Waals surface area contributed by atoms with Crippen LogP contribution in [-0.4, -0.2) is 13.7 Å². The molecule has 0 radical (unpaired) electrons. The van der Waals surface area contributed by atoms with Crippen LogP contribution in [-0.2, 0) is 0 Å². The average Bonchev–Trinajstić information content (AvgIpc) is 2.46. The van der Waals surface area contributed by atoms with Crippen LogP contribution < -0.4 is 15.2 Å². The molecular weight excluding hydrogens is 306 g/mol. The van der Waals surface area contributed by atoms with E-state index in [0.717, 1.165) is 21.5 Å². The normalized spacial score (nSPS) is 11.9. The van der Waals surface area contributed by atoms with E-state index in [4.69, 9.17) is 15.2 Å². The van der Waals surface area contributed by atoms with E-state index in [0.29, 0.717) is 6.54 Å². The van der Waals surface area contributed by atoms with Gasteiger partial charge in [-0.05, 0) is 45.8 Å². The zero-order valence-electron chi connectivity index (χ0n) is 10.7. The summed E-state index contributed by atoms with van der Waals surface area (Å²) in [6.07, 6.45) is -0.200. The number of benzene rings is 2. The fourth-order valence-corrected chi connectivity index (χ4v) is 2.17. The van der Waals surface area contributed by atoms with Gasteiger partial charge in [0.05, 0.1) is 11.6 Å². The number of methoxy groups -OCH3 is 1. The first kappa shape index (κ1) is 13.9. The molecule has 0 amide bonds. The highest BCUT2D eigenvalue weighted by Gasteiger charge is 2.13. The van der Waals surface area contributed by atoms with Crippen LogP contribution >= 0.6 is 15.9 Å². The van der Waals surface area contributed by atoms with Crippen LogP contribution in [0.4, 0.5) is 0 Å². The molecule has 0 aliphatic rings. The van der Waals surface area contributed by atoms with E-state index in [1.54, 1.807) is 7.11 Å². The third kappa shape index (κ3) is 3.49. The number of ether oxygens (including phenoxy) is 2. The van der Waals surface area contributed by atoms with Crippen molar-refractivity contribution in [2.45, 2.75) is 6.10 Å². The Kier molecular flexibility index (Phi) is 4.82. The minimum Gasteiger partial charge on any atom is -0.497 e. The number of para-hydroxylation sites is 1. The molecule has 3 nitrogen and oxygen atoms in total. The number of hydrogen-bond donors (Lipinski definition) is 1. The Bertz CT molecular complexity index is 545. The second-order valence-corrected chi connectivity index (χ2v) is 4.90. The van der Waals surface area contributed by atoms with Gasteiger partial charge in [-0.3, -0.25) is 0 Å². The molecule has 0 aromatic heterocycles. The van der Waals surface area contributed by atoms with Gasteiger partial charge in [-0.15, -0.1) is 0 Å². The lowest BCUT2D eigenvalue weighted by atomic mass is 10.1. The first-order valence-corrected chi connectivity index (χ1v) is 6.79. The van der Waals surface area contributed by atoms with Gasteiger partial charge in [0.25, 0.3) is 0 Å². The summed E-state index contributed by atoms with van der Waals surface area (Å²) in [4.78, 5) is 0. The zero-order chi connectivity index (χ0) is 13.7. The smallest absolute Gasteiger partial charge is 0.136 e. The predicted octanol–water partition coefficient (Wildman–Crippen LogP) is 3.54. The molecule has 0 spiro atoms. The lowest BCUT2D eigenvalue weighted by Gasteiger charge is -2.19. The van der Waals surface area contributed by atoms with Crippen molar-refractivity contribution in [3.63, 3.8) is 0 Å². The molecule has 0 bridgehead atoms. The summed E-state index contributed by atoms with van der Waals surface area (Å²) in [6.45, 7) is 0.397. The maximum absolute atomic E-state index is 5.95. The molecule has 100 valence electrons. The average molecular weight is 322 g/mol. The first-order valence-electron chi connectivity index (χ1n) is 6.00. The van der Waals surface area contributed by atoms with Gasteiger partial charge < -0.3 is 15.2 Å². The molecule has 2 N–H and O–H groups in total. The number of rotatable bonds is 5. The van der Waals surface area contributed by atoms with Crippen molar-refractivity contribution < 1.29 is 9.47 Å². The Balaban J connectivity index is 2.22. The van der Waals surface area contributed by atoms with Gasteiger partial charge in [-0.25, -0.2) is 0 Å². The fraction of sp³-hybridized carbons (Fsp3) is 0.200. The van der Waals surface area contributed by atoms with E-state index in [-0.39, 0.29) is 6.10 Å². The Morgan fingerprint density at radius 3 is 2.63 bits per heavy atom. The van der Waals surface area contributed by atoms with E-state index in [1.807, 2.05) is 48.5 Å². The molecular formula is C15H16BrNO2. The first-order chi connectivity index (χ1) is 9.24. The predicted molar refractivity (Wildman–Crippen MR) is 79.6 cm³/mol. The minimum atomic E-state index is -0.200. The standard InChI is InChI=1S/C15H16BrNO2/c1-18-12-6-4-5-11(9-12)15(10-17)19-14-8-3-2-7-13(14)16/h2-9,15H,10,17H2,1H3. The number of hydrogen-bond acceptors (Lipinski definition) is 3. The van der Waals surface area contributed by atoms with Crippen molar-refractivity contribution >= 4 is 15.9 Å². The lowest BCUT2D eigenvalue weighted by molar-refractivity contribution is 0.212. The van der Waals surface area contributed by atoms with E-state index >= 15 is 0 Å². The lowest BCUT2D eigenvalue weighted by Crippen LogP contribution is -2.18. The van der Waals surface area contributed by atoms with Crippen molar-refractivity contribution in [1.29, 1.82) is 0 Å². The van der Waals surface area contributed by atoms with Crippen LogP contribution in [0.1, 0.15) is 11.7 Å². The maximum atomic E-state index is 5.95. The third-order valence-electron chi connectivity index (χ3n) is 2.79. The van der Waals surface area contributed by atoms with Gasteiger partial charge in [0.2, 0.25) is 0 Å². The molecule has 0 saturated heterocycles. The topological polar surface area (TPSA) is 44.5 Å². The van der Waals surface area contributed by atoms with Crippen molar-refractivity contribution in [2.75, 3.05) is 13.7 Å². The van der Waals surface area contributed by atoms with Gasteiger partial charge >= 0.3 is 0 Å². The third-order valence-corrected chi connectivity index (χ3v) is 3.44. The van der Waals surface area contributed by atoms with Crippen LogP contribution in [0, 0.1) is 0 Å². The second-order valence-electron chi connectivity index (χ2n) is 4.05.